The largest absolute Gasteiger partial charge is 0.495 e. The smallest absolute Gasteiger partial charge is 0.255 e. The van der Waals surface area contributed by atoms with Gasteiger partial charge in [-0.1, -0.05) is 23.7 Å². The number of halogens is 1. The van der Waals surface area contributed by atoms with Crippen molar-refractivity contribution in [3.05, 3.63) is 76.9 Å². The fourth-order valence-corrected chi connectivity index (χ4v) is 2.75. The van der Waals surface area contributed by atoms with Gasteiger partial charge in [-0.25, -0.2) is 4.98 Å². The van der Waals surface area contributed by atoms with Gasteiger partial charge in [0.05, 0.1) is 12.8 Å². The van der Waals surface area contributed by atoms with E-state index in [1.165, 1.54) is 20.2 Å². The molecule has 0 unspecified atom stereocenters. The molecule has 28 heavy (non-hydrogen) atoms. The number of nitrogens with zero attached hydrogens (tertiary/aromatic N) is 1. The molecule has 0 atom stereocenters. The number of nitrogens with one attached hydrogen (secondary N) is 2. The van der Waals surface area contributed by atoms with Crippen LogP contribution >= 0.6 is 11.6 Å². The summed E-state index contributed by atoms with van der Waals surface area (Å²) in [4.78, 5) is 28.4. The first-order valence-electron chi connectivity index (χ1n) is 8.45. The summed E-state index contributed by atoms with van der Waals surface area (Å²) in [7, 11) is 1.52. The second-order valence-electron chi connectivity index (χ2n) is 5.99. The van der Waals surface area contributed by atoms with Crippen LogP contribution in [0.25, 0.3) is 0 Å². The molecule has 0 aliphatic rings. The summed E-state index contributed by atoms with van der Waals surface area (Å²) in [5, 5.41) is 6.37. The molecule has 1 aromatic heterocycles. The number of pyridine rings is 1. The summed E-state index contributed by atoms with van der Waals surface area (Å²) in [6.45, 7) is 1.51. The molecule has 0 spiro atoms. The number of hydrogen-bond acceptors (Lipinski definition) is 5. The lowest BCUT2D eigenvalue weighted by Gasteiger charge is -2.11. The minimum Gasteiger partial charge on any atom is -0.495 e. The first-order valence-corrected chi connectivity index (χ1v) is 8.83. The summed E-state index contributed by atoms with van der Waals surface area (Å²) in [6.07, 6.45) is 1.53. The van der Waals surface area contributed by atoms with Crippen LogP contribution in [0.1, 0.15) is 27.6 Å². The highest BCUT2D eigenvalue weighted by atomic mass is 35.5. The Labute approximate surface area is 167 Å². The number of carbonyl (C=O) groups is 2. The van der Waals surface area contributed by atoms with E-state index in [0.29, 0.717) is 39.1 Å². The number of anilines is 3. The normalized spacial score (nSPS) is 10.2. The van der Waals surface area contributed by atoms with Gasteiger partial charge in [0, 0.05) is 28.0 Å². The Morgan fingerprint density at radius 3 is 2.61 bits per heavy atom. The van der Waals surface area contributed by atoms with E-state index in [1.807, 2.05) is 6.07 Å². The highest BCUT2D eigenvalue weighted by Crippen LogP contribution is 2.28. The van der Waals surface area contributed by atoms with Gasteiger partial charge >= 0.3 is 0 Å². The zero-order chi connectivity index (χ0) is 20.1. The monoisotopic (exact) mass is 395 g/mol. The fourth-order valence-electron chi connectivity index (χ4n) is 2.58. The second kappa shape index (κ2) is 8.54. The van der Waals surface area contributed by atoms with Gasteiger partial charge in [0.2, 0.25) is 0 Å². The van der Waals surface area contributed by atoms with Crippen molar-refractivity contribution in [1.29, 1.82) is 0 Å². The second-order valence-corrected chi connectivity index (χ2v) is 6.43. The summed E-state index contributed by atoms with van der Waals surface area (Å²) in [6, 6.07) is 15.3. The van der Waals surface area contributed by atoms with Crippen molar-refractivity contribution < 1.29 is 14.3 Å². The number of rotatable bonds is 6. The standard InChI is InChI=1S/C21H18ClN3O3/c1-13(26)14-4-3-5-17(10-14)24-20-11-15(8-9-23-20)21(27)25-18-12-16(22)6-7-19(18)28-2/h3-12H,1-2H3,(H,23,24)(H,25,27). The van der Waals surface area contributed by atoms with Gasteiger partial charge in [0.15, 0.2) is 5.78 Å². The van der Waals surface area contributed by atoms with Crippen molar-refractivity contribution in [1.82, 2.24) is 4.98 Å². The van der Waals surface area contributed by atoms with Crippen LogP contribution in [0.3, 0.4) is 0 Å². The molecular formula is C21H18ClN3O3. The Morgan fingerprint density at radius 2 is 1.86 bits per heavy atom. The molecule has 0 radical (unpaired) electrons. The molecule has 3 aromatic rings. The van der Waals surface area contributed by atoms with Crippen LogP contribution in [0, 0.1) is 0 Å². The summed E-state index contributed by atoms with van der Waals surface area (Å²) in [5.74, 6) is 0.626. The van der Waals surface area contributed by atoms with Crippen LogP contribution < -0.4 is 15.4 Å². The quantitative estimate of drug-likeness (QED) is 0.577. The predicted octanol–water partition coefficient (Wildman–Crippen LogP) is 4.94. The van der Waals surface area contributed by atoms with Crippen molar-refractivity contribution in [3.63, 3.8) is 0 Å². The van der Waals surface area contributed by atoms with Gasteiger partial charge in [0.25, 0.3) is 5.91 Å². The van der Waals surface area contributed by atoms with Crippen LogP contribution in [0.4, 0.5) is 17.2 Å². The Kier molecular flexibility index (Phi) is 5.91. The van der Waals surface area contributed by atoms with E-state index in [2.05, 4.69) is 15.6 Å². The van der Waals surface area contributed by atoms with Gasteiger partial charge in [-0.15, -0.1) is 0 Å². The molecule has 1 heterocycles. The van der Waals surface area contributed by atoms with Crippen LogP contribution in [0.5, 0.6) is 5.75 Å². The lowest BCUT2D eigenvalue weighted by molar-refractivity contribution is 0.101. The van der Waals surface area contributed by atoms with E-state index in [9.17, 15) is 9.59 Å². The van der Waals surface area contributed by atoms with Gasteiger partial charge in [-0.05, 0) is 49.4 Å². The van der Waals surface area contributed by atoms with E-state index < -0.39 is 0 Å². The van der Waals surface area contributed by atoms with Crippen LogP contribution in [0.15, 0.2) is 60.8 Å². The molecule has 0 saturated carbocycles. The third-order valence-electron chi connectivity index (χ3n) is 3.97. The maximum absolute atomic E-state index is 12.6. The maximum Gasteiger partial charge on any atom is 0.255 e. The van der Waals surface area contributed by atoms with Crippen molar-refractivity contribution in [3.8, 4) is 5.75 Å². The minimum atomic E-state index is -0.330. The molecule has 3 rings (SSSR count). The van der Waals surface area contributed by atoms with Gasteiger partial charge in [0.1, 0.15) is 11.6 Å². The zero-order valence-electron chi connectivity index (χ0n) is 15.3. The Morgan fingerprint density at radius 1 is 1.04 bits per heavy atom. The number of Topliss-reactive ketones (excluding diaryl/α,β-unsaturated/α-hetero) is 1. The van der Waals surface area contributed by atoms with E-state index >= 15 is 0 Å². The number of aromatic nitrogens is 1. The molecule has 2 N–H and O–H groups in total. The average Bonchev–Trinajstić information content (AvgIpc) is 2.68. The predicted molar refractivity (Wildman–Crippen MR) is 110 cm³/mol. The first-order chi connectivity index (χ1) is 13.5. The number of ketones is 1. The molecule has 7 heteroatoms. The number of benzene rings is 2. The molecule has 0 aliphatic heterocycles. The molecule has 0 fully saturated rings. The third-order valence-corrected chi connectivity index (χ3v) is 4.21. The van der Waals surface area contributed by atoms with Gasteiger partial charge < -0.3 is 15.4 Å². The third kappa shape index (κ3) is 4.66. The Balaban J connectivity index is 1.79. The molecule has 142 valence electrons. The summed E-state index contributed by atoms with van der Waals surface area (Å²) < 4.78 is 5.24. The topological polar surface area (TPSA) is 80.3 Å². The molecular weight excluding hydrogens is 378 g/mol. The van der Waals surface area contributed by atoms with E-state index in [-0.39, 0.29) is 11.7 Å². The zero-order valence-corrected chi connectivity index (χ0v) is 16.1. The number of ether oxygens (including phenoxy) is 1. The molecule has 0 aliphatic carbocycles. The van der Waals surface area contributed by atoms with E-state index in [4.69, 9.17) is 16.3 Å². The van der Waals surface area contributed by atoms with E-state index in [0.717, 1.165) is 0 Å². The Hall–Kier alpha value is -3.38. The molecule has 0 saturated heterocycles. The van der Waals surface area contributed by atoms with Gasteiger partial charge in [-0.3, -0.25) is 9.59 Å². The Bertz CT molecular complexity index is 1040. The summed E-state index contributed by atoms with van der Waals surface area (Å²) >= 11 is 6.00. The lowest BCUT2D eigenvalue weighted by Crippen LogP contribution is -2.13. The van der Waals surface area contributed by atoms with Crippen LogP contribution in [-0.4, -0.2) is 23.8 Å². The van der Waals surface area contributed by atoms with Crippen molar-refractivity contribution >= 4 is 40.5 Å². The SMILES string of the molecule is COc1ccc(Cl)cc1NC(=O)c1ccnc(Nc2cccc(C(C)=O)c2)c1. The molecule has 1 amide bonds. The molecule has 0 bridgehead atoms. The molecule has 6 nitrogen and oxygen atoms in total. The number of carbonyl (C=O) groups excluding carboxylic acids is 2. The molecule has 2 aromatic carbocycles. The average molecular weight is 396 g/mol. The van der Waals surface area contributed by atoms with Crippen LogP contribution in [-0.2, 0) is 0 Å². The lowest BCUT2D eigenvalue weighted by atomic mass is 10.1. The van der Waals surface area contributed by atoms with Crippen molar-refractivity contribution in [2.45, 2.75) is 6.92 Å². The number of amides is 1. The summed E-state index contributed by atoms with van der Waals surface area (Å²) in [5.41, 5.74) is 2.17. The maximum atomic E-state index is 12.6. The van der Waals surface area contributed by atoms with E-state index in [1.54, 1.807) is 48.5 Å². The minimum absolute atomic E-state index is 0.0276. The number of hydrogen-bond donors (Lipinski definition) is 2. The van der Waals surface area contributed by atoms with Crippen molar-refractivity contribution in [2.24, 2.45) is 0 Å². The van der Waals surface area contributed by atoms with Crippen molar-refractivity contribution in [2.75, 3.05) is 17.7 Å². The highest BCUT2D eigenvalue weighted by Gasteiger charge is 2.12. The highest BCUT2D eigenvalue weighted by molar-refractivity contribution is 6.31. The van der Waals surface area contributed by atoms with Crippen LogP contribution in [0.2, 0.25) is 5.02 Å². The first kappa shape index (κ1) is 19.4. The van der Waals surface area contributed by atoms with Gasteiger partial charge in [-0.2, -0.15) is 0 Å². The fraction of sp³-hybridized carbons (Fsp3) is 0.0952. The number of methoxy groups -OCH3 is 1.